The highest BCUT2D eigenvalue weighted by atomic mass is 19.3. The topological polar surface area (TPSA) is 79.5 Å². The Kier molecular flexibility index (Phi) is 8.11. The molecule has 1 aliphatic rings. The number of hydrogen-bond donors (Lipinski definition) is 3. The summed E-state index contributed by atoms with van der Waals surface area (Å²) in [4.78, 5) is 23.6. The molecule has 1 aromatic carbocycles. The smallest absolute Gasteiger partial charge is 0.387 e. The molecule has 1 fully saturated rings. The average Bonchev–Trinajstić information content (AvgIpc) is 2.61. The van der Waals surface area contributed by atoms with Crippen LogP contribution >= 0.6 is 0 Å². The van der Waals surface area contributed by atoms with Crippen molar-refractivity contribution in [1.29, 1.82) is 0 Å². The Labute approximate surface area is 151 Å². The van der Waals surface area contributed by atoms with Gasteiger partial charge in [0.2, 0.25) is 5.91 Å². The van der Waals surface area contributed by atoms with E-state index in [1.54, 1.807) is 18.2 Å². The molecule has 0 aromatic heterocycles. The highest BCUT2D eigenvalue weighted by Crippen LogP contribution is 2.20. The second-order valence-electron chi connectivity index (χ2n) is 6.25. The summed E-state index contributed by atoms with van der Waals surface area (Å²) >= 11 is 0. The van der Waals surface area contributed by atoms with E-state index in [-0.39, 0.29) is 43.2 Å². The molecule has 1 aromatic rings. The molecule has 0 unspecified atom stereocenters. The van der Waals surface area contributed by atoms with Crippen LogP contribution in [0.5, 0.6) is 5.75 Å². The molecule has 0 spiro atoms. The summed E-state index contributed by atoms with van der Waals surface area (Å²) in [6.45, 7) is -2.63. The number of halogens is 2. The van der Waals surface area contributed by atoms with Crippen LogP contribution in [0.25, 0.3) is 0 Å². The summed E-state index contributed by atoms with van der Waals surface area (Å²) in [7, 11) is 0. The highest BCUT2D eigenvalue weighted by molar-refractivity contribution is 5.78. The molecule has 0 bridgehead atoms. The third-order valence-electron chi connectivity index (χ3n) is 4.24. The summed E-state index contributed by atoms with van der Waals surface area (Å²) in [5.41, 5.74) is 0.462. The van der Waals surface area contributed by atoms with E-state index in [4.69, 9.17) is 0 Å². The number of carbonyl (C=O) groups excluding carboxylic acids is 2. The van der Waals surface area contributed by atoms with E-state index in [0.717, 1.165) is 25.7 Å². The van der Waals surface area contributed by atoms with Gasteiger partial charge in [0.25, 0.3) is 0 Å². The quantitative estimate of drug-likeness (QED) is 0.659. The molecule has 144 valence electrons. The standard InChI is InChI=1S/C18H25F2N3O3/c19-17(20)26-15-9-5-4-6-13(15)12-22-16(24)10-11-21-18(25)23-14-7-2-1-3-8-14/h4-6,9,14,17H,1-3,7-8,10-12H2,(H,22,24)(H2,21,23,25). The maximum atomic E-state index is 12.4. The first kappa shape index (κ1) is 19.9. The first-order valence-electron chi connectivity index (χ1n) is 8.88. The largest absolute Gasteiger partial charge is 0.434 e. The van der Waals surface area contributed by atoms with Crippen LogP contribution in [0, 0.1) is 0 Å². The van der Waals surface area contributed by atoms with E-state index in [9.17, 15) is 18.4 Å². The van der Waals surface area contributed by atoms with Crippen molar-refractivity contribution >= 4 is 11.9 Å². The fraction of sp³-hybridized carbons (Fsp3) is 0.556. The van der Waals surface area contributed by atoms with Crippen molar-refractivity contribution in [2.75, 3.05) is 6.54 Å². The molecule has 0 atom stereocenters. The molecule has 26 heavy (non-hydrogen) atoms. The van der Waals surface area contributed by atoms with Crippen LogP contribution in [-0.2, 0) is 11.3 Å². The zero-order chi connectivity index (χ0) is 18.8. The molecule has 0 radical (unpaired) electrons. The summed E-state index contributed by atoms with van der Waals surface area (Å²) in [5, 5.41) is 8.20. The summed E-state index contributed by atoms with van der Waals surface area (Å²) < 4.78 is 29.1. The minimum Gasteiger partial charge on any atom is -0.434 e. The lowest BCUT2D eigenvalue weighted by molar-refractivity contribution is -0.121. The van der Waals surface area contributed by atoms with Gasteiger partial charge in [-0.25, -0.2) is 4.79 Å². The van der Waals surface area contributed by atoms with Gasteiger partial charge >= 0.3 is 12.6 Å². The molecule has 3 amide bonds. The number of alkyl halides is 2. The lowest BCUT2D eigenvalue weighted by Gasteiger charge is -2.22. The van der Waals surface area contributed by atoms with Crippen molar-refractivity contribution in [3.8, 4) is 5.75 Å². The number of urea groups is 1. The van der Waals surface area contributed by atoms with Gasteiger partial charge in [0, 0.05) is 31.1 Å². The summed E-state index contributed by atoms with van der Waals surface area (Å²) in [6.07, 6.45) is 5.57. The summed E-state index contributed by atoms with van der Waals surface area (Å²) in [5.74, 6) is -0.248. The zero-order valence-corrected chi connectivity index (χ0v) is 14.6. The van der Waals surface area contributed by atoms with Crippen LogP contribution in [0.2, 0.25) is 0 Å². The number of rotatable bonds is 8. The SMILES string of the molecule is O=C(CCNC(=O)NC1CCCCC1)NCc1ccccc1OC(F)F. The second kappa shape index (κ2) is 10.6. The van der Waals surface area contributed by atoms with E-state index in [0.29, 0.717) is 5.56 Å². The molecule has 0 saturated heterocycles. The maximum Gasteiger partial charge on any atom is 0.387 e. The number of benzene rings is 1. The Morgan fingerprint density at radius 2 is 1.85 bits per heavy atom. The number of ether oxygens (including phenoxy) is 1. The Morgan fingerprint density at radius 1 is 1.12 bits per heavy atom. The molecule has 1 aliphatic carbocycles. The Bertz CT molecular complexity index is 593. The number of nitrogens with one attached hydrogen (secondary N) is 3. The van der Waals surface area contributed by atoms with Crippen LogP contribution in [0.3, 0.4) is 0 Å². The minimum absolute atomic E-state index is 0.0350. The van der Waals surface area contributed by atoms with Crippen molar-refractivity contribution in [2.45, 2.75) is 57.7 Å². The van der Waals surface area contributed by atoms with Gasteiger partial charge in [-0.2, -0.15) is 8.78 Å². The van der Waals surface area contributed by atoms with Crippen molar-refractivity contribution in [3.05, 3.63) is 29.8 Å². The van der Waals surface area contributed by atoms with Crippen LogP contribution < -0.4 is 20.7 Å². The molecule has 0 aliphatic heterocycles. The monoisotopic (exact) mass is 369 g/mol. The number of para-hydroxylation sites is 1. The number of amides is 3. The van der Waals surface area contributed by atoms with Crippen molar-refractivity contribution in [2.24, 2.45) is 0 Å². The van der Waals surface area contributed by atoms with Gasteiger partial charge in [-0.05, 0) is 18.9 Å². The molecule has 3 N–H and O–H groups in total. The van der Waals surface area contributed by atoms with Gasteiger partial charge in [-0.3, -0.25) is 4.79 Å². The van der Waals surface area contributed by atoms with E-state index in [2.05, 4.69) is 20.7 Å². The lowest BCUT2D eigenvalue weighted by Crippen LogP contribution is -2.43. The van der Waals surface area contributed by atoms with Gasteiger partial charge in [-0.1, -0.05) is 37.5 Å². The van der Waals surface area contributed by atoms with E-state index in [1.807, 2.05) is 0 Å². The van der Waals surface area contributed by atoms with E-state index < -0.39 is 6.61 Å². The van der Waals surface area contributed by atoms with Gasteiger partial charge in [0.05, 0.1) is 0 Å². The zero-order valence-electron chi connectivity index (χ0n) is 14.6. The van der Waals surface area contributed by atoms with Crippen LogP contribution in [0.15, 0.2) is 24.3 Å². The molecule has 0 heterocycles. The van der Waals surface area contributed by atoms with Crippen molar-refractivity contribution < 1.29 is 23.1 Å². The van der Waals surface area contributed by atoms with Gasteiger partial charge in [0.1, 0.15) is 5.75 Å². The minimum atomic E-state index is -2.92. The molecule has 6 nitrogen and oxygen atoms in total. The molecule has 2 rings (SSSR count). The molecule has 8 heteroatoms. The van der Waals surface area contributed by atoms with Crippen LogP contribution in [0.4, 0.5) is 13.6 Å². The van der Waals surface area contributed by atoms with Crippen LogP contribution in [0.1, 0.15) is 44.1 Å². The highest BCUT2D eigenvalue weighted by Gasteiger charge is 2.15. The van der Waals surface area contributed by atoms with Gasteiger partial charge in [0.15, 0.2) is 0 Å². The Balaban J connectivity index is 1.65. The fourth-order valence-corrected chi connectivity index (χ4v) is 2.92. The Morgan fingerprint density at radius 3 is 2.58 bits per heavy atom. The van der Waals surface area contributed by atoms with Crippen LogP contribution in [-0.4, -0.2) is 31.1 Å². The fourth-order valence-electron chi connectivity index (χ4n) is 2.92. The first-order valence-corrected chi connectivity index (χ1v) is 8.88. The van der Waals surface area contributed by atoms with Crippen molar-refractivity contribution in [1.82, 2.24) is 16.0 Å². The number of carbonyl (C=O) groups is 2. The summed E-state index contributed by atoms with van der Waals surface area (Å²) in [6, 6.07) is 6.23. The average molecular weight is 369 g/mol. The third-order valence-corrected chi connectivity index (χ3v) is 4.24. The van der Waals surface area contributed by atoms with Crippen molar-refractivity contribution in [3.63, 3.8) is 0 Å². The third kappa shape index (κ3) is 7.25. The lowest BCUT2D eigenvalue weighted by atomic mass is 9.96. The molecular weight excluding hydrogens is 344 g/mol. The van der Waals surface area contributed by atoms with E-state index >= 15 is 0 Å². The van der Waals surface area contributed by atoms with Gasteiger partial charge < -0.3 is 20.7 Å². The first-order chi connectivity index (χ1) is 12.5. The normalized spacial score (nSPS) is 14.7. The maximum absolute atomic E-state index is 12.4. The van der Waals surface area contributed by atoms with Gasteiger partial charge in [-0.15, -0.1) is 0 Å². The second-order valence-corrected chi connectivity index (χ2v) is 6.25. The molecular formula is C18H25F2N3O3. The predicted molar refractivity (Wildman–Crippen MR) is 92.9 cm³/mol. The van der Waals surface area contributed by atoms with E-state index in [1.165, 1.54) is 12.5 Å². The molecule has 1 saturated carbocycles. The number of hydrogen-bond acceptors (Lipinski definition) is 3. The Hall–Kier alpha value is -2.38. The predicted octanol–water partition coefficient (Wildman–Crippen LogP) is 2.93.